The van der Waals surface area contributed by atoms with Gasteiger partial charge in [0.2, 0.25) is 15.9 Å². The molecule has 1 amide bonds. The predicted molar refractivity (Wildman–Crippen MR) is 116 cm³/mol. The molecular formula is C21H26N2O7S. The van der Waals surface area contributed by atoms with Gasteiger partial charge in [-0.05, 0) is 55.8 Å². The van der Waals surface area contributed by atoms with Gasteiger partial charge in [-0.2, -0.15) is 0 Å². The maximum absolute atomic E-state index is 12.3. The van der Waals surface area contributed by atoms with Gasteiger partial charge >= 0.3 is 5.97 Å². The molecule has 0 aromatic heterocycles. The number of ether oxygens (including phenoxy) is 3. The van der Waals surface area contributed by atoms with Crippen molar-refractivity contribution in [2.75, 3.05) is 24.7 Å². The molecule has 0 atom stereocenters. The van der Waals surface area contributed by atoms with Crippen LogP contribution in [0.25, 0.3) is 0 Å². The summed E-state index contributed by atoms with van der Waals surface area (Å²) in [6.45, 7) is 3.80. The van der Waals surface area contributed by atoms with Crippen molar-refractivity contribution in [1.29, 1.82) is 0 Å². The molecular weight excluding hydrogens is 424 g/mol. The zero-order valence-electron chi connectivity index (χ0n) is 17.8. The van der Waals surface area contributed by atoms with Crippen molar-refractivity contribution in [3.63, 3.8) is 0 Å². The van der Waals surface area contributed by atoms with Crippen LogP contribution in [0.3, 0.4) is 0 Å². The van der Waals surface area contributed by atoms with Gasteiger partial charge in [0.15, 0.2) is 0 Å². The Labute approximate surface area is 181 Å². The van der Waals surface area contributed by atoms with Crippen LogP contribution in [-0.2, 0) is 26.1 Å². The van der Waals surface area contributed by atoms with Gasteiger partial charge in [0, 0.05) is 12.2 Å². The third-order valence-electron chi connectivity index (χ3n) is 3.98. The molecule has 2 aromatic rings. The van der Waals surface area contributed by atoms with Crippen molar-refractivity contribution in [1.82, 2.24) is 5.32 Å². The number of methoxy groups -OCH3 is 2. The summed E-state index contributed by atoms with van der Waals surface area (Å²) >= 11 is 0. The second kappa shape index (κ2) is 10.7. The molecule has 2 N–H and O–H groups in total. The Morgan fingerprint density at radius 3 is 2.29 bits per heavy atom. The van der Waals surface area contributed by atoms with Gasteiger partial charge in [0.1, 0.15) is 22.8 Å². The molecule has 0 unspecified atom stereocenters. The third kappa shape index (κ3) is 7.49. The molecule has 0 aliphatic rings. The lowest BCUT2D eigenvalue weighted by Crippen LogP contribution is -2.32. The van der Waals surface area contributed by atoms with Gasteiger partial charge in [-0.3, -0.25) is 9.52 Å². The molecule has 10 heteroatoms. The summed E-state index contributed by atoms with van der Waals surface area (Å²) in [6, 6.07) is 11.1. The van der Waals surface area contributed by atoms with E-state index < -0.39 is 27.7 Å². The van der Waals surface area contributed by atoms with Crippen LogP contribution in [0.5, 0.6) is 11.5 Å². The fourth-order valence-corrected chi connectivity index (χ4v) is 3.66. The molecule has 0 heterocycles. The third-order valence-corrected chi connectivity index (χ3v) is 5.17. The van der Waals surface area contributed by atoms with Crippen molar-refractivity contribution in [3.8, 4) is 11.5 Å². The fraction of sp³-hybridized carbons (Fsp3) is 0.333. The number of benzene rings is 2. The number of hydrogen-bond acceptors (Lipinski definition) is 7. The molecule has 0 saturated carbocycles. The summed E-state index contributed by atoms with van der Waals surface area (Å²) in [4.78, 5) is 24.0. The van der Waals surface area contributed by atoms with Crippen LogP contribution in [0, 0.1) is 0 Å². The lowest BCUT2D eigenvalue weighted by Gasteiger charge is -2.12. The lowest BCUT2D eigenvalue weighted by atomic mass is 10.1. The van der Waals surface area contributed by atoms with E-state index in [2.05, 4.69) is 10.0 Å². The summed E-state index contributed by atoms with van der Waals surface area (Å²) in [6.07, 6.45) is 0.000590. The first-order chi connectivity index (χ1) is 14.6. The standard InChI is InChI=1S/C21H26N2O7S/c1-14(2)30-17-8-6-16(7-9-17)23-31(26,27)13-20(24)22-12-15-5-10-19(28-3)18(11-15)21(25)29-4/h5-11,14,23H,12-13H2,1-4H3,(H,22,24). The zero-order valence-corrected chi connectivity index (χ0v) is 18.6. The Hall–Kier alpha value is -3.27. The molecule has 168 valence electrons. The molecule has 31 heavy (non-hydrogen) atoms. The molecule has 0 aliphatic carbocycles. The van der Waals surface area contributed by atoms with Crippen molar-refractivity contribution >= 4 is 27.6 Å². The Morgan fingerprint density at radius 2 is 1.71 bits per heavy atom. The van der Waals surface area contributed by atoms with Crippen molar-refractivity contribution in [2.24, 2.45) is 0 Å². The van der Waals surface area contributed by atoms with E-state index in [4.69, 9.17) is 14.2 Å². The molecule has 0 bridgehead atoms. The molecule has 0 fully saturated rings. The average Bonchev–Trinajstić information content (AvgIpc) is 2.72. The second-order valence-electron chi connectivity index (χ2n) is 6.86. The van der Waals surface area contributed by atoms with E-state index in [1.54, 1.807) is 36.4 Å². The van der Waals surface area contributed by atoms with Gasteiger partial charge in [0.25, 0.3) is 0 Å². The number of carbonyl (C=O) groups is 2. The molecule has 0 aliphatic heterocycles. The van der Waals surface area contributed by atoms with Crippen molar-refractivity contribution < 1.29 is 32.2 Å². The number of sulfonamides is 1. The van der Waals surface area contributed by atoms with Crippen LogP contribution in [-0.4, -0.2) is 46.4 Å². The van der Waals surface area contributed by atoms with Crippen LogP contribution < -0.4 is 19.5 Å². The number of amides is 1. The molecule has 2 rings (SSSR count). The van der Waals surface area contributed by atoms with Gasteiger partial charge < -0.3 is 19.5 Å². The summed E-state index contributed by atoms with van der Waals surface area (Å²) in [7, 11) is -1.24. The van der Waals surface area contributed by atoms with E-state index >= 15 is 0 Å². The molecule has 9 nitrogen and oxygen atoms in total. The highest BCUT2D eigenvalue weighted by molar-refractivity contribution is 7.93. The maximum atomic E-state index is 12.3. The van der Waals surface area contributed by atoms with Crippen molar-refractivity contribution in [3.05, 3.63) is 53.6 Å². The van der Waals surface area contributed by atoms with Crippen LogP contribution in [0.15, 0.2) is 42.5 Å². The van der Waals surface area contributed by atoms with E-state index in [0.717, 1.165) is 0 Å². The van der Waals surface area contributed by atoms with Crippen LogP contribution >= 0.6 is 0 Å². The Kier molecular flexibility index (Phi) is 8.26. The first kappa shape index (κ1) is 24.0. The van der Waals surface area contributed by atoms with Gasteiger partial charge in [-0.15, -0.1) is 0 Å². The van der Waals surface area contributed by atoms with E-state index in [9.17, 15) is 18.0 Å². The molecule has 0 radical (unpaired) electrons. The van der Waals surface area contributed by atoms with Crippen LogP contribution in [0.2, 0.25) is 0 Å². The number of hydrogen-bond donors (Lipinski definition) is 2. The zero-order chi connectivity index (χ0) is 23.0. The SMILES string of the molecule is COC(=O)c1cc(CNC(=O)CS(=O)(=O)Nc2ccc(OC(C)C)cc2)ccc1OC. The van der Waals surface area contributed by atoms with Crippen molar-refractivity contribution in [2.45, 2.75) is 26.5 Å². The number of nitrogens with one attached hydrogen (secondary N) is 2. The predicted octanol–water partition coefficient (Wildman–Crippen LogP) is 2.33. The fourth-order valence-electron chi connectivity index (χ4n) is 2.65. The van der Waals surface area contributed by atoms with E-state index in [0.29, 0.717) is 22.7 Å². The van der Waals surface area contributed by atoms with E-state index in [1.807, 2.05) is 13.8 Å². The minimum atomic E-state index is -3.91. The first-order valence-electron chi connectivity index (χ1n) is 9.42. The Bertz CT molecular complexity index is 1020. The maximum Gasteiger partial charge on any atom is 0.341 e. The van der Waals surface area contributed by atoms with E-state index in [1.165, 1.54) is 20.3 Å². The quantitative estimate of drug-likeness (QED) is 0.533. The molecule has 0 spiro atoms. The van der Waals surface area contributed by atoms with Gasteiger partial charge in [0.05, 0.1) is 20.3 Å². The molecule has 2 aromatic carbocycles. The highest BCUT2D eigenvalue weighted by Gasteiger charge is 2.18. The van der Waals surface area contributed by atoms with Gasteiger partial charge in [-0.1, -0.05) is 6.07 Å². The Balaban J connectivity index is 1.95. The summed E-state index contributed by atoms with van der Waals surface area (Å²) in [5, 5.41) is 2.52. The number of esters is 1. The smallest absolute Gasteiger partial charge is 0.341 e. The normalized spacial score (nSPS) is 11.0. The monoisotopic (exact) mass is 450 g/mol. The highest BCUT2D eigenvalue weighted by Crippen LogP contribution is 2.21. The summed E-state index contributed by atoms with van der Waals surface area (Å²) in [5.41, 5.74) is 1.11. The van der Waals surface area contributed by atoms with Gasteiger partial charge in [-0.25, -0.2) is 13.2 Å². The van der Waals surface area contributed by atoms with Crippen LogP contribution in [0.1, 0.15) is 29.8 Å². The topological polar surface area (TPSA) is 120 Å². The summed E-state index contributed by atoms with van der Waals surface area (Å²) < 4.78 is 42.2. The largest absolute Gasteiger partial charge is 0.496 e. The number of anilines is 1. The Morgan fingerprint density at radius 1 is 1.03 bits per heavy atom. The number of carbonyl (C=O) groups excluding carboxylic acids is 2. The first-order valence-corrected chi connectivity index (χ1v) is 11.1. The lowest BCUT2D eigenvalue weighted by molar-refractivity contribution is -0.118. The minimum Gasteiger partial charge on any atom is -0.496 e. The number of rotatable bonds is 10. The average molecular weight is 451 g/mol. The second-order valence-corrected chi connectivity index (χ2v) is 8.58. The van der Waals surface area contributed by atoms with E-state index in [-0.39, 0.29) is 18.2 Å². The molecule has 0 saturated heterocycles. The van der Waals surface area contributed by atoms with Crippen LogP contribution in [0.4, 0.5) is 5.69 Å². The highest BCUT2D eigenvalue weighted by atomic mass is 32.2. The summed E-state index contributed by atoms with van der Waals surface area (Å²) in [5.74, 6) is -1.08. The minimum absolute atomic E-state index is 0.000590.